The summed E-state index contributed by atoms with van der Waals surface area (Å²) < 4.78 is 69.1. The Morgan fingerprint density at radius 3 is 0.607 bits per heavy atom. The van der Waals surface area contributed by atoms with Crippen molar-refractivity contribution in [2.24, 2.45) is 11.8 Å². The van der Waals surface area contributed by atoms with Crippen LogP contribution in [0.1, 0.15) is 504 Å². The molecule has 2 unspecified atom stereocenters. The number of carbonyl (C=O) groups is 4. The second kappa shape index (κ2) is 84.1. The van der Waals surface area contributed by atoms with Crippen LogP contribution in [0.25, 0.3) is 0 Å². The van der Waals surface area contributed by atoms with Crippen LogP contribution in [0.15, 0.2) is 0 Å². The van der Waals surface area contributed by atoms with Crippen LogP contribution < -0.4 is 0 Å². The second-order valence-corrected chi connectivity index (χ2v) is 37.3. The molecule has 0 spiro atoms. The molecule has 3 N–H and O–H groups in total. The van der Waals surface area contributed by atoms with Gasteiger partial charge in [-0.2, -0.15) is 0 Å². The lowest BCUT2D eigenvalue weighted by Gasteiger charge is -2.21. The van der Waals surface area contributed by atoms with Crippen molar-refractivity contribution in [3.63, 3.8) is 0 Å². The van der Waals surface area contributed by atoms with Crippen LogP contribution in [-0.4, -0.2) is 96.7 Å². The zero-order chi connectivity index (χ0) is 82.0. The van der Waals surface area contributed by atoms with E-state index in [-0.39, 0.29) is 25.7 Å². The molecule has 0 radical (unpaired) electrons. The van der Waals surface area contributed by atoms with Crippen molar-refractivity contribution in [2.75, 3.05) is 39.6 Å². The predicted octanol–water partition coefficient (Wildman–Crippen LogP) is 29.0. The average molecular weight is 1630 g/mol. The number of carbonyl (C=O) groups excluding carboxylic acids is 4. The fraction of sp³-hybridized carbons (Fsp3) is 0.957. The standard InChI is InChI=1S/C93H182O17P2/c1-7-9-11-13-15-17-19-21-23-25-27-29-31-33-35-39-43-47-51-57-63-69-75-90(95)103-81-88(109-92(97)77-71-65-58-52-48-44-40-36-34-32-30-28-26-24-22-20-18-16-14-12-10-8-2)83-107-111(99,100)105-79-87(94)80-106-112(101,102)108-84-89(82-104-91(96)76-70-64-60-54-56-62-68-74-86(5)6)110-93(98)78-72-66-59-53-49-45-41-37-38-42-46-50-55-61-67-73-85(3)4/h85-89,94H,7-84H2,1-6H3,(H,99,100)(H,101,102)/t87-,88-,89-/m1/s1. The number of phosphoric ester groups is 2. The highest BCUT2D eigenvalue weighted by Crippen LogP contribution is 2.45. The van der Waals surface area contributed by atoms with Crippen LogP contribution in [-0.2, 0) is 65.4 Å². The van der Waals surface area contributed by atoms with Gasteiger partial charge in [0.1, 0.15) is 19.3 Å². The van der Waals surface area contributed by atoms with Gasteiger partial charge in [-0.1, -0.05) is 452 Å². The molecular weight excluding hydrogens is 1450 g/mol. The quantitative estimate of drug-likeness (QED) is 0.0222. The lowest BCUT2D eigenvalue weighted by molar-refractivity contribution is -0.161. The van der Waals surface area contributed by atoms with Gasteiger partial charge in [0, 0.05) is 25.7 Å². The maximum atomic E-state index is 13.2. The van der Waals surface area contributed by atoms with E-state index in [9.17, 15) is 43.2 Å². The molecule has 0 rings (SSSR count). The van der Waals surface area contributed by atoms with Crippen LogP contribution in [0.5, 0.6) is 0 Å². The first-order valence-corrected chi connectivity index (χ1v) is 51.0. The molecule has 19 heteroatoms. The molecule has 0 fully saturated rings. The molecule has 0 bridgehead atoms. The highest BCUT2D eigenvalue weighted by Gasteiger charge is 2.31. The maximum absolute atomic E-state index is 13.2. The van der Waals surface area contributed by atoms with E-state index in [1.54, 1.807) is 0 Å². The summed E-state index contributed by atoms with van der Waals surface area (Å²) in [7, 11) is -9.94. The second-order valence-electron chi connectivity index (χ2n) is 34.4. The van der Waals surface area contributed by atoms with E-state index in [1.165, 1.54) is 315 Å². The van der Waals surface area contributed by atoms with Crippen LogP contribution in [0.2, 0.25) is 0 Å². The Kier molecular flexibility index (Phi) is 82.6. The average Bonchev–Trinajstić information content (AvgIpc) is 0.897. The minimum atomic E-state index is -4.97. The summed E-state index contributed by atoms with van der Waals surface area (Å²) in [5.41, 5.74) is 0. The Bertz CT molecular complexity index is 2130. The van der Waals surface area contributed by atoms with Gasteiger partial charge in [-0.3, -0.25) is 37.3 Å². The Morgan fingerprint density at radius 2 is 0.411 bits per heavy atom. The van der Waals surface area contributed by atoms with Gasteiger partial charge in [0.25, 0.3) is 0 Å². The lowest BCUT2D eigenvalue weighted by atomic mass is 10.0. The number of unbranched alkanes of at least 4 members (excludes halogenated alkanes) is 62. The summed E-state index contributed by atoms with van der Waals surface area (Å²) >= 11 is 0. The van der Waals surface area contributed by atoms with Crippen LogP contribution in [0.4, 0.5) is 0 Å². The molecular formula is C93H182O17P2. The van der Waals surface area contributed by atoms with E-state index in [0.29, 0.717) is 31.6 Å². The molecule has 0 saturated carbocycles. The van der Waals surface area contributed by atoms with Gasteiger partial charge in [0.2, 0.25) is 0 Å². The fourth-order valence-corrected chi connectivity index (χ4v) is 16.2. The van der Waals surface area contributed by atoms with E-state index in [2.05, 4.69) is 41.5 Å². The van der Waals surface area contributed by atoms with Crippen molar-refractivity contribution in [1.29, 1.82) is 0 Å². The third-order valence-electron chi connectivity index (χ3n) is 22.0. The zero-order valence-electron chi connectivity index (χ0n) is 74.0. The Balaban J connectivity index is 5.20. The highest BCUT2D eigenvalue weighted by atomic mass is 31.2. The molecule has 0 aliphatic rings. The molecule has 0 aliphatic carbocycles. The summed E-state index contributed by atoms with van der Waals surface area (Å²) in [6.07, 6.45) is 79.6. The number of esters is 4. The normalized spacial score (nSPS) is 13.7. The highest BCUT2D eigenvalue weighted by molar-refractivity contribution is 7.47. The van der Waals surface area contributed by atoms with E-state index in [0.717, 1.165) is 102 Å². The van der Waals surface area contributed by atoms with Crippen molar-refractivity contribution >= 4 is 39.5 Å². The van der Waals surface area contributed by atoms with Crippen molar-refractivity contribution in [3.8, 4) is 0 Å². The van der Waals surface area contributed by atoms with Crippen molar-refractivity contribution in [2.45, 2.75) is 522 Å². The van der Waals surface area contributed by atoms with E-state index < -0.39 is 97.5 Å². The maximum Gasteiger partial charge on any atom is 0.472 e. The number of phosphoric acid groups is 2. The summed E-state index contributed by atoms with van der Waals surface area (Å²) in [4.78, 5) is 73.4. The fourth-order valence-electron chi connectivity index (χ4n) is 14.7. The zero-order valence-corrected chi connectivity index (χ0v) is 75.8. The lowest BCUT2D eigenvalue weighted by Crippen LogP contribution is -2.30. The van der Waals surface area contributed by atoms with Gasteiger partial charge in [0.15, 0.2) is 12.2 Å². The number of aliphatic hydroxyl groups excluding tert-OH is 1. The molecule has 5 atom stereocenters. The topological polar surface area (TPSA) is 237 Å². The number of hydrogen-bond donors (Lipinski definition) is 3. The molecule has 666 valence electrons. The molecule has 0 aromatic heterocycles. The summed E-state index contributed by atoms with van der Waals surface area (Å²) in [6.45, 7) is 9.67. The number of aliphatic hydroxyl groups is 1. The molecule has 0 aliphatic heterocycles. The number of ether oxygens (including phenoxy) is 4. The summed E-state index contributed by atoms with van der Waals surface area (Å²) in [5, 5.41) is 10.7. The third-order valence-corrected chi connectivity index (χ3v) is 23.9. The van der Waals surface area contributed by atoms with E-state index in [1.807, 2.05) is 0 Å². The van der Waals surface area contributed by atoms with Crippen molar-refractivity contribution < 1.29 is 80.2 Å². The number of hydrogen-bond acceptors (Lipinski definition) is 15. The van der Waals surface area contributed by atoms with E-state index >= 15 is 0 Å². The molecule has 0 heterocycles. The van der Waals surface area contributed by atoms with Crippen LogP contribution in [0, 0.1) is 11.8 Å². The van der Waals surface area contributed by atoms with Gasteiger partial charge in [-0.05, 0) is 37.5 Å². The Morgan fingerprint density at radius 1 is 0.241 bits per heavy atom. The molecule has 0 aromatic carbocycles. The van der Waals surface area contributed by atoms with Gasteiger partial charge >= 0.3 is 39.5 Å². The molecule has 17 nitrogen and oxygen atoms in total. The van der Waals surface area contributed by atoms with Gasteiger partial charge < -0.3 is 33.8 Å². The minimum Gasteiger partial charge on any atom is -0.462 e. The first-order chi connectivity index (χ1) is 54.4. The van der Waals surface area contributed by atoms with Crippen LogP contribution >= 0.6 is 15.6 Å². The summed E-state index contributed by atoms with van der Waals surface area (Å²) in [6, 6.07) is 0. The van der Waals surface area contributed by atoms with Gasteiger partial charge in [-0.25, -0.2) is 9.13 Å². The Hall–Kier alpha value is -1.94. The Labute approximate surface area is 689 Å². The monoisotopic (exact) mass is 1630 g/mol. The first kappa shape index (κ1) is 110. The van der Waals surface area contributed by atoms with Gasteiger partial charge in [0.05, 0.1) is 26.4 Å². The van der Waals surface area contributed by atoms with E-state index in [4.69, 9.17) is 37.0 Å². The predicted molar refractivity (Wildman–Crippen MR) is 465 cm³/mol. The molecule has 112 heavy (non-hydrogen) atoms. The largest absolute Gasteiger partial charge is 0.472 e. The SMILES string of the molecule is CCCCCCCCCCCCCCCCCCCCCCCCC(=O)OC[C@H](COP(=O)(O)OC[C@@H](O)COP(=O)(O)OC[C@@H](COC(=O)CCCCCCCCCC(C)C)OC(=O)CCCCCCCCCCCCCCCCCC(C)C)OC(=O)CCCCCCCCCCCCCCCCCCCCCCCC. The van der Waals surface area contributed by atoms with Crippen molar-refractivity contribution in [3.05, 3.63) is 0 Å². The smallest absolute Gasteiger partial charge is 0.462 e. The molecule has 0 aromatic rings. The first-order valence-electron chi connectivity index (χ1n) is 48.0. The number of rotatable bonds is 92. The minimum absolute atomic E-state index is 0.107. The molecule has 0 saturated heterocycles. The molecule has 0 amide bonds. The van der Waals surface area contributed by atoms with Crippen molar-refractivity contribution in [1.82, 2.24) is 0 Å². The van der Waals surface area contributed by atoms with Gasteiger partial charge in [-0.15, -0.1) is 0 Å². The summed E-state index contributed by atoms with van der Waals surface area (Å²) in [5.74, 6) is -0.590. The van der Waals surface area contributed by atoms with Crippen LogP contribution in [0.3, 0.4) is 0 Å². The third kappa shape index (κ3) is 85.9.